The molecule has 4 nitrogen and oxygen atoms in total. The van der Waals surface area contributed by atoms with Crippen molar-refractivity contribution in [2.75, 3.05) is 6.54 Å². The lowest BCUT2D eigenvalue weighted by Gasteiger charge is -2.30. The highest BCUT2D eigenvalue weighted by molar-refractivity contribution is 5.77. The molecule has 0 aromatic heterocycles. The van der Waals surface area contributed by atoms with E-state index in [-0.39, 0.29) is 17.7 Å². The highest BCUT2D eigenvalue weighted by Crippen LogP contribution is 2.26. The molecule has 2 rings (SSSR count). The third-order valence-corrected chi connectivity index (χ3v) is 2.89. The van der Waals surface area contributed by atoms with Crippen molar-refractivity contribution < 1.29 is 4.79 Å². The Morgan fingerprint density at radius 2 is 2.07 bits per heavy atom. The smallest absolute Gasteiger partial charge is 0.306 e. The van der Waals surface area contributed by atoms with Crippen LogP contribution in [-0.2, 0) is 0 Å². The van der Waals surface area contributed by atoms with Gasteiger partial charge in [0, 0.05) is 6.54 Å². The van der Waals surface area contributed by atoms with Gasteiger partial charge in [-0.15, -0.1) is 0 Å². The summed E-state index contributed by atoms with van der Waals surface area (Å²) in [5.74, 6) is 0. The van der Waals surface area contributed by atoms with E-state index in [9.17, 15) is 4.79 Å². The zero-order valence-electron chi connectivity index (χ0n) is 9.21. The number of fused-ring (bicyclic) bond motifs is 1. The highest BCUT2D eigenvalue weighted by Gasteiger charge is 2.42. The molecule has 0 aliphatic carbocycles. The van der Waals surface area contributed by atoms with Crippen LogP contribution in [0.3, 0.4) is 0 Å². The van der Waals surface area contributed by atoms with Gasteiger partial charge in [0.15, 0.2) is 0 Å². The van der Waals surface area contributed by atoms with Gasteiger partial charge < -0.3 is 4.90 Å². The van der Waals surface area contributed by atoms with Crippen LogP contribution in [-0.4, -0.2) is 34.2 Å². The fraction of sp³-hybridized carbons (Fsp3) is 0.900. The Hall–Kier alpha value is -0.770. The van der Waals surface area contributed by atoms with E-state index in [4.69, 9.17) is 0 Å². The highest BCUT2D eigenvalue weighted by atomic mass is 16.2. The summed E-state index contributed by atoms with van der Waals surface area (Å²) < 4.78 is 0. The molecule has 4 heteroatoms. The fourth-order valence-corrected chi connectivity index (χ4v) is 2.11. The Morgan fingerprint density at radius 3 is 2.64 bits per heavy atom. The normalized spacial score (nSPS) is 28.2. The maximum Gasteiger partial charge on any atom is 0.336 e. The van der Waals surface area contributed by atoms with Crippen LogP contribution in [0.5, 0.6) is 0 Å². The largest absolute Gasteiger partial charge is 0.336 e. The molecule has 80 valence electrons. The van der Waals surface area contributed by atoms with E-state index in [1.807, 2.05) is 4.90 Å². The Bertz CT molecular complexity index is 246. The second-order valence-electron chi connectivity index (χ2n) is 5.12. The number of piperidine rings is 1. The number of rotatable bonds is 0. The predicted molar refractivity (Wildman–Crippen MR) is 54.5 cm³/mol. The van der Waals surface area contributed by atoms with Gasteiger partial charge in [0.1, 0.15) is 6.17 Å². The Balaban J connectivity index is 2.14. The van der Waals surface area contributed by atoms with Gasteiger partial charge in [-0.05, 0) is 40.0 Å². The first-order valence-corrected chi connectivity index (χ1v) is 5.37. The lowest BCUT2D eigenvalue weighted by Crippen LogP contribution is -2.49. The van der Waals surface area contributed by atoms with Gasteiger partial charge in [0.25, 0.3) is 0 Å². The molecule has 0 aromatic carbocycles. The van der Waals surface area contributed by atoms with Crippen molar-refractivity contribution in [3.05, 3.63) is 0 Å². The average molecular weight is 197 g/mol. The van der Waals surface area contributed by atoms with Crippen LogP contribution >= 0.6 is 0 Å². The fourth-order valence-electron chi connectivity index (χ4n) is 2.11. The van der Waals surface area contributed by atoms with E-state index < -0.39 is 0 Å². The number of hydrazine groups is 1. The minimum atomic E-state index is -0.131. The second kappa shape index (κ2) is 3.12. The van der Waals surface area contributed by atoms with Crippen molar-refractivity contribution in [1.82, 2.24) is 15.3 Å². The van der Waals surface area contributed by atoms with E-state index in [2.05, 4.69) is 26.2 Å². The molecule has 0 aromatic rings. The zero-order valence-corrected chi connectivity index (χ0v) is 9.21. The van der Waals surface area contributed by atoms with Crippen LogP contribution in [0.4, 0.5) is 4.79 Å². The van der Waals surface area contributed by atoms with Crippen molar-refractivity contribution in [1.29, 1.82) is 0 Å². The molecule has 1 unspecified atom stereocenters. The van der Waals surface area contributed by atoms with Crippen LogP contribution in [0.1, 0.15) is 40.0 Å². The summed E-state index contributed by atoms with van der Waals surface area (Å²) in [4.78, 5) is 13.9. The molecular formula is C10H19N3O. The summed E-state index contributed by atoms with van der Waals surface area (Å²) in [5.41, 5.74) is 3.16. The molecule has 2 aliphatic rings. The minimum absolute atomic E-state index is 0.131. The maximum absolute atomic E-state index is 12.0. The summed E-state index contributed by atoms with van der Waals surface area (Å²) in [7, 11) is 0. The van der Waals surface area contributed by atoms with E-state index in [0.717, 1.165) is 19.4 Å². The first kappa shape index (κ1) is 9.77. The van der Waals surface area contributed by atoms with Gasteiger partial charge in [0.2, 0.25) is 0 Å². The molecule has 0 spiro atoms. The first-order chi connectivity index (χ1) is 6.50. The third-order valence-electron chi connectivity index (χ3n) is 2.89. The molecule has 0 saturated carbocycles. The van der Waals surface area contributed by atoms with Crippen LogP contribution in [0.2, 0.25) is 0 Å². The van der Waals surface area contributed by atoms with Gasteiger partial charge in [0.05, 0.1) is 5.54 Å². The number of carbonyl (C=O) groups is 1. The number of amides is 2. The van der Waals surface area contributed by atoms with Gasteiger partial charge >= 0.3 is 6.03 Å². The van der Waals surface area contributed by atoms with E-state index >= 15 is 0 Å². The predicted octanol–water partition coefficient (Wildman–Crippen LogP) is 1.54. The van der Waals surface area contributed by atoms with Gasteiger partial charge in [-0.25, -0.2) is 10.2 Å². The number of urea groups is 1. The van der Waals surface area contributed by atoms with Crippen molar-refractivity contribution >= 4 is 6.03 Å². The molecule has 2 fully saturated rings. The van der Waals surface area contributed by atoms with Gasteiger partial charge in [-0.1, -0.05) is 0 Å². The summed E-state index contributed by atoms with van der Waals surface area (Å²) in [6.45, 7) is 7.06. The molecule has 1 N–H and O–H groups in total. The van der Waals surface area contributed by atoms with E-state index in [0.29, 0.717) is 0 Å². The minimum Gasteiger partial charge on any atom is -0.306 e. The molecule has 1 atom stereocenters. The first-order valence-electron chi connectivity index (χ1n) is 5.37. The second-order valence-corrected chi connectivity index (χ2v) is 5.12. The summed E-state index contributed by atoms with van der Waals surface area (Å²) in [6, 6.07) is 0.141. The van der Waals surface area contributed by atoms with E-state index in [1.165, 1.54) is 6.42 Å². The average Bonchev–Trinajstić information content (AvgIpc) is 2.44. The van der Waals surface area contributed by atoms with Crippen molar-refractivity contribution in [3.63, 3.8) is 0 Å². The molecule has 0 bridgehead atoms. The molecule has 2 amide bonds. The summed E-state index contributed by atoms with van der Waals surface area (Å²) >= 11 is 0. The number of nitrogens with one attached hydrogen (secondary N) is 1. The topological polar surface area (TPSA) is 35.6 Å². The van der Waals surface area contributed by atoms with Crippen molar-refractivity contribution in [2.45, 2.75) is 51.7 Å². The molecular weight excluding hydrogens is 178 g/mol. The summed E-state index contributed by atoms with van der Waals surface area (Å²) in [6.07, 6.45) is 3.69. The molecule has 2 saturated heterocycles. The molecule has 2 heterocycles. The van der Waals surface area contributed by atoms with Crippen molar-refractivity contribution in [2.24, 2.45) is 0 Å². The molecule has 14 heavy (non-hydrogen) atoms. The third kappa shape index (κ3) is 1.47. The lowest BCUT2D eigenvalue weighted by molar-refractivity contribution is 0.125. The Labute approximate surface area is 85.2 Å². The number of hydrogen-bond acceptors (Lipinski definition) is 2. The van der Waals surface area contributed by atoms with Crippen LogP contribution in [0.15, 0.2) is 0 Å². The Morgan fingerprint density at radius 1 is 1.36 bits per heavy atom. The quantitative estimate of drug-likeness (QED) is 0.639. The molecule has 2 aliphatic heterocycles. The number of carbonyl (C=O) groups excluding carboxylic acids is 1. The summed E-state index contributed by atoms with van der Waals surface area (Å²) in [5, 5.41) is 1.77. The van der Waals surface area contributed by atoms with Gasteiger partial charge in [-0.3, -0.25) is 5.01 Å². The van der Waals surface area contributed by atoms with Crippen LogP contribution < -0.4 is 5.43 Å². The van der Waals surface area contributed by atoms with Gasteiger partial charge in [-0.2, -0.15) is 0 Å². The van der Waals surface area contributed by atoms with Crippen molar-refractivity contribution in [3.8, 4) is 0 Å². The monoisotopic (exact) mass is 197 g/mol. The standard InChI is InChI=1S/C10H19N3O/c1-10(2,3)13-9(14)12-7-5-4-6-8(12)11-13/h8,11H,4-7H2,1-3H3. The lowest BCUT2D eigenvalue weighted by atomic mass is 10.1. The van der Waals surface area contributed by atoms with Crippen LogP contribution in [0, 0.1) is 0 Å². The zero-order chi connectivity index (χ0) is 10.3. The SMILES string of the molecule is CC(C)(C)N1NC2CCCCN2C1=O. The molecule has 0 radical (unpaired) electrons. The van der Waals surface area contributed by atoms with Crippen LogP contribution in [0.25, 0.3) is 0 Å². The maximum atomic E-state index is 12.0. The Kier molecular flexibility index (Phi) is 2.18. The number of hydrogen-bond donors (Lipinski definition) is 1. The van der Waals surface area contributed by atoms with E-state index in [1.54, 1.807) is 5.01 Å². The number of nitrogens with zero attached hydrogens (tertiary/aromatic N) is 2.